The second kappa shape index (κ2) is 8.91. The van der Waals surface area contributed by atoms with Crippen LogP contribution in [-0.2, 0) is 9.59 Å². The molecule has 138 valence electrons. The van der Waals surface area contributed by atoms with Gasteiger partial charge >= 0.3 is 5.97 Å². The van der Waals surface area contributed by atoms with Gasteiger partial charge in [-0.25, -0.2) is 4.79 Å². The van der Waals surface area contributed by atoms with Crippen LogP contribution in [0.3, 0.4) is 0 Å². The first-order valence-electron chi connectivity index (χ1n) is 7.73. The first-order valence-corrected chi connectivity index (χ1v) is 7.73. The van der Waals surface area contributed by atoms with E-state index in [2.05, 4.69) is 5.32 Å². The Hall–Kier alpha value is -2.77. The normalized spacial score (nSPS) is 11.4. The maximum Gasteiger partial charge on any atom is 0.326 e. The molecule has 0 fully saturated rings. The summed E-state index contributed by atoms with van der Waals surface area (Å²) in [5, 5.41) is 11.8. The largest absolute Gasteiger partial charge is 0.496 e. The molecule has 0 saturated heterocycles. The van der Waals surface area contributed by atoms with Gasteiger partial charge in [-0.1, -0.05) is 0 Å². The molecule has 0 aromatic heterocycles. The van der Waals surface area contributed by atoms with Gasteiger partial charge in [-0.3, -0.25) is 9.59 Å². The lowest BCUT2D eigenvalue weighted by Crippen LogP contribution is -2.46. The zero-order valence-corrected chi connectivity index (χ0v) is 15.1. The summed E-state index contributed by atoms with van der Waals surface area (Å²) in [4.78, 5) is 36.4. The van der Waals surface area contributed by atoms with E-state index in [-0.39, 0.29) is 24.6 Å². The highest BCUT2D eigenvalue weighted by Gasteiger charge is 2.27. The summed E-state index contributed by atoms with van der Waals surface area (Å²) in [5.41, 5.74) is 0.979. The Balaban J connectivity index is 3.19. The van der Waals surface area contributed by atoms with E-state index in [1.165, 1.54) is 33.0 Å². The highest BCUT2D eigenvalue weighted by atomic mass is 16.5. The summed E-state index contributed by atoms with van der Waals surface area (Å²) in [6.45, 7) is 4.77. The molecule has 1 aromatic rings. The molecule has 8 nitrogen and oxygen atoms in total. The van der Waals surface area contributed by atoms with Crippen molar-refractivity contribution in [3.05, 3.63) is 23.3 Å². The van der Waals surface area contributed by atoms with Gasteiger partial charge in [-0.05, 0) is 26.0 Å². The van der Waals surface area contributed by atoms with E-state index in [1.54, 1.807) is 19.1 Å². The molecule has 2 N–H and O–H groups in total. The van der Waals surface area contributed by atoms with E-state index in [4.69, 9.17) is 9.47 Å². The van der Waals surface area contributed by atoms with Gasteiger partial charge in [0.2, 0.25) is 5.91 Å². The van der Waals surface area contributed by atoms with Crippen LogP contribution in [-0.4, -0.2) is 61.1 Å². The molecule has 0 radical (unpaired) electrons. The maximum absolute atomic E-state index is 12.9. The Morgan fingerprint density at radius 3 is 2.12 bits per heavy atom. The Morgan fingerprint density at radius 1 is 1.20 bits per heavy atom. The Morgan fingerprint density at radius 2 is 1.72 bits per heavy atom. The Kier molecular flexibility index (Phi) is 7.22. The number of amides is 2. The Labute approximate surface area is 146 Å². The molecule has 0 spiro atoms. The molecule has 0 aliphatic carbocycles. The molecule has 0 heterocycles. The van der Waals surface area contributed by atoms with Gasteiger partial charge in [0.15, 0.2) is 0 Å². The number of carboxylic acids is 1. The molecule has 25 heavy (non-hydrogen) atoms. The number of ether oxygens (including phenoxy) is 2. The molecule has 1 rings (SSSR count). The van der Waals surface area contributed by atoms with Gasteiger partial charge in [0.25, 0.3) is 5.91 Å². The van der Waals surface area contributed by atoms with Gasteiger partial charge in [0, 0.05) is 31.1 Å². The summed E-state index contributed by atoms with van der Waals surface area (Å²) in [7, 11) is 2.95. The molecule has 0 aliphatic heterocycles. The second-order valence-corrected chi connectivity index (χ2v) is 5.50. The highest BCUT2D eigenvalue weighted by molar-refractivity contribution is 5.97. The highest BCUT2D eigenvalue weighted by Crippen LogP contribution is 2.30. The van der Waals surface area contributed by atoms with Crippen molar-refractivity contribution in [2.75, 3.05) is 27.3 Å². The number of aliphatic carboxylic acids is 1. The van der Waals surface area contributed by atoms with Crippen molar-refractivity contribution in [1.29, 1.82) is 0 Å². The van der Waals surface area contributed by atoms with E-state index >= 15 is 0 Å². The molecular formula is C17H24N2O6. The standard InChI is InChI=1S/C17H24N2O6/c1-10-14(24-4)8-13(9-15(10)25-5)16(21)19(11(2)17(22)23)7-6-18-12(3)20/h8-9,11H,6-7H2,1-5H3,(H,18,20)(H,22,23). The fraction of sp³-hybridized carbons (Fsp3) is 0.471. The van der Waals surface area contributed by atoms with E-state index in [0.29, 0.717) is 11.5 Å². The summed E-state index contributed by atoms with van der Waals surface area (Å²) in [6.07, 6.45) is 0. The van der Waals surface area contributed by atoms with Crippen molar-refractivity contribution in [2.24, 2.45) is 0 Å². The summed E-state index contributed by atoms with van der Waals surface area (Å²) >= 11 is 0. The molecule has 0 aliphatic rings. The van der Waals surface area contributed by atoms with Crippen molar-refractivity contribution >= 4 is 17.8 Å². The molecular weight excluding hydrogens is 328 g/mol. The lowest BCUT2D eigenvalue weighted by atomic mass is 10.1. The lowest BCUT2D eigenvalue weighted by molar-refractivity contribution is -0.141. The van der Waals surface area contributed by atoms with Crippen molar-refractivity contribution < 1.29 is 29.0 Å². The van der Waals surface area contributed by atoms with Crippen LogP contribution >= 0.6 is 0 Å². The minimum Gasteiger partial charge on any atom is -0.496 e. The SMILES string of the molecule is COc1cc(C(=O)N(CCNC(C)=O)C(C)C(=O)O)cc(OC)c1C. The predicted octanol–water partition coefficient (Wildman–Crippen LogP) is 1.06. The molecule has 1 unspecified atom stereocenters. The van der Waals surface area contributed by atoms with Crippen LogP contribution in [0.4, 0.5) is 0 Å². The van der Waals surface area contributed by atoms with E-state index in [0.717, 1.165) is 5.56 Å². The maximum atomic E-state index is 12.9. The van der Waals surface area contributed by atoms with Crippen LogP contribution in [0.5, 0.6) is 11.5 Å². The smallest absolute Gasteiger partial charge is 0.326 e. The average Bonchev–Trinajstić information content (AvgIpc) is 2.57. The van der Waals surface area contributed by atoms with Crippen LogP contribution in [0.15, 0.2) is 12.1 Å². The van der Waals surface area contributed by atoms with Gasteiger partial charge in [-0.2, -0.15) is 0 Å². The number of rotatable bonds is 8. The van der Waals surface area contributed by atoms with Crippen LogP contribution in [0.1, 0.15) is 29.8 Å². The number of nitrogens with zero attached hydrogens (tertiary/aromatic N) is 1. The van der Waals surface area contributed by atoms with Gasteiger partial charge in [-0.15, -0.1) is 0 Å². The third-order valence-electron chi connectivity index (χ3n) is 3.81. The number of carbonyl (C=O) groups excluding carboxylic acids is 2. The van der Waals surface area contributed by atoms with Crippen LogP contribution in [0.2, 0.25) is 0 Å². The third-order valence-corrected chi connectivity index (χ3v) is 3.81. The summed E-state index contributed by atoms with van der Waals surface area (Å²) in [5.74, 6) is -0.951. The molecule has 2 amide bonds. The number of methoxy groups -OCH3 is 2. The zero-order chi connectivity index (χ0) is 19.1. The average molecular weight is 352 g/mol. The first-order chi connectivity index (χ1) is 11.7. The Bertz CT molecular complexity index is 634. The second-order valence-electron chi connectivity index (χ2n) is 5.50. The van der Waals surface area contributed by atoms with Crippen LogP contribution < -0.4 is 14.8 Å². The topological polar surface area (TPSA) is 105 Å². The van der Waals surface area contributed by atoms with Gasteiger partial charge in [0.1, 0.15) is 17.5 Å². The summed E-state index contributed by atoms with van der Waals surface area (Å²) < 4.78 is 10.5. The molecule has 8 heteroatoms. The molecule has 0 bridgehead atoms. The van der Waals surface area contributed by atoms with E-state index in [9.17, 15) is 19.5 Å². The molecule has 0 saturated carbocycles. The number of carbonyl (C=O) groups is 3. The van der Waals surface area contributed by atoms with Crippen molar-refractivity contribution in [1.82, 2.24) is 10.2 Å². The van der Waals surface area contributed by atoms with Gasteiger partial charge in [0.05, 0.1) is 14.2 Å². The quantitative estimate of drug-likeness (QED) is 0.725. The number of carboxylic acid groups (broad SMARTS) is 1. The minimum atomic E-state index is -1.14. The van der Waals surface area contributed by atoms with Crippen molar-refractivity contribution in [2.45, 2.75) is 26.8 Å². The third kappa shape index (κ3) is 5.10. The number of hydrogen-bond donors (Lipinski definition) is 2. The number of benzene rings is 1. The van der Waals surface area contributed by atoms with E-state index < -0.39 is 17.9 Å². The minimum absolute atomic E-state index is 0.0599. The lowest BCUT2D eigenvalue weighted by Gasteiger charge is -2.27. The zero-order valence-electron chi connectivity index (χ0n) is 15.1. The molecule has 1 atom stereocenters. The van der Waals surface area contributed by atoms with Crippen molar-refractivity contribution in [3.8, 4) is 11.5 Å². The van der Waals surface area contributed by atoms with Gasteiger partial charge < -0.3 is 24.8 Å². The number of nitrogens with one attached hydrogen (secondary N) is 1. The van der Waals surface area contributed by atoms with Crippen LogP contribution in [0.25, 0.3) is 0 Å². The van der Waals surface area contributed by atoms with Crippen LogP contribution in [0, 0.1) is 6.92 Å². The predicted molar refractivity (Wildman–Crippen MR) is 91.1 cm³/mol. The molecule has 1 aromatic carbocycles. The van der Waals surface area contributed by atoms with Crippen molar-refractivity contribution in [3.63, 3.8) is 0 Å². The first kappa shape index (κ1) is 20.3. The van der Waals surface area contributed by atoms with E-state index in [1.807, 2.05) is 0 Å². The number of hydrogen-bond acceptors (Lipinski definition) is 5. The summed E-state index contributed by atoms with van der Waals surface area (Å²) in [6, 6.07) is 2.03. The fourth-order valence-corrected chi connectivity index (χ4v) is 2.33. The monoisotopic (exact) mass is 352 g/mol. The fourth-order valence-electron chi connectivity index (χ4n) is 2.33.